The summed E-state index contributed by atoms with van der Waals surface area (Å²) in [5, 5.41) is 13.9. The maximum Gasteiger partial charge on any atom is 0.164 e. The lowest BCUT2D eigenvalue weighted by atomic mass is 9.98. The molecule has 2 N–H and O–H groups in total. The molecule has 2 heterocycles. The van der Waals surface area contributed by atoms with Crippen LogP contribution in [0.4, 0.5) is 5.82 Å². The van der Waals surface area contributed by atoms with Gasteiger partial charge in [-0.05, 0) is 37.8 Å². The van der Waals surface area contributed by atoms with Crippen molar-refractivity contribution in [3.63, 3.8) is 0 Å². The first-order valence-corrected chi connectivity index (χ1v) is 8.59. The van der Waals surface area contributed by atoms with E-state index in [1.54, 1.807) is 19.5 Å². The molecule has 1 unspecified atom stereocenters. The van der Waals surface area contributed by atoms with Crippen LogP contribution in [0.25, 0.3) is 10.9 Å². The number of fused-ring (bicyclic) bond motifs is 1. The lowest BCUT2D eigenvalue weighted by Crippen LogP contribution is -2.24. The molecule has 0 saturated heterocycles. The number of nitrogens with zero attached hydrogens (tertiary/aromatic N) is 2. The number of aromatic nitrogens is 2. The molecule has 6 heteroatoms. The Kier molecular flexibility index (Phi) is 5.82. The predicted molar refractivity (Wildman–Crippen MR) is 93.4 cm³/mol. The lowest BCUT2D eigenvalue weighted by molar-refractivity contribution is 0.0727. The first-order valence-electron chi connectivity index (χ1n) is 8.59. The molecule has 0 bridgehead atoms. The third kappa shape index (κ3) is 4.13. The summed E-state index contributed by atoms with van der Waals surface area (Å²) in [5.41, 5.74) is 0.807. The van der Waals surface area contributed by atoms with Crippen LogP contribution in [0.2, 0.25) is 0 Å². The first-order chi connectivity index (χ1) is 11.8. The molecule has 2 aromatic heterocycles. The molecule has 130 valence electrons. The van der Waals surface area contributed by atoms with Crippen LogP contribution in [0.3, 0.4) is 0 Å². The fraction of sp³-hybridized carbons (Fsp3) is 0.556. The Bertz CT molecular complexity index is 659. The van der Waals surface area contributed by atoms with Gasteiger partial charge >= 0.3 is 0 Å². The zero-order valence-electron chi connectivity index (χ0n) is 14.1. The van der Waals surface area contributed by atoms with E-state index >= 15 is 0 Å². The third-order valence-corrected chi connectivity index (χ3v) is 4.32. The predicted octanol–water partition coefficient (Wildman–Crippen LogP) is 2.76. The molecule has 6 nitrogen and oxygen atoms in total. The summed E-state index contributed by atoms with van der Waals surface area (Å²) in [4.78, 5) is 8.95. The van der Waals surface area contributed by atoms with Gasteiger partial charge in [0, 0.05) is 25.2 Å². The van der Waals surface area contributed by atoms with Gasteiger partial charge in [-0.1, -0.05) is 6.42 Å². The minimum absolute atomic E-state index is 0.257. The molecule has 1 atom stereocenters. The number of hydrogen-bond acceptors (Lipinski definition) is 6. The van der Waals surface area contributed by atoms with E-state index in [0.717, 1.165) is 29.5 Å². The van der Waals surface area contributed by atoms with Gasteiger partial charge < -0.3 is 19.9 Å². The van der Waals surface area contributed by atoms with Gasteiger partial charge in [-0.3, -0.25) is 4.98 Å². The van der Waals surface area contributed by atoms with E-state index in [2.05, 4.69) is 15.3 Å². The van der Waals surface area contributed by atoms with E-state index in [0.29, 0.717) is 12.4 Å². The van der Waals surface area contributed by atoms with Crippen LogP contribution in [-0.4, -0.2) is 47.5 Å². The van der Waals surface area contributed by atoms with Gasteiger partial charge in [-0.15, -0.1) is 0 Å². The van der Waals surface area contributed by atoms with Crippen molar-refractivity contribution in [2.45, 2.75) is 44.3 Å². The average molecular weight is 331 g/mol. The molecule has 0 amide bonds. The monoisotopic (exact) mass is 331 g/mol. The summed E-state index contributed by atoms with van der Waals surface area (Å²) < 4.78 is 11.1. The Morgan fingerprint density at radius 2 is 2.12 bits per heavy atom. The topological polar surface area (TPSA) is 76.5 Å². The summed E-state index contributed by atoms with van der Waals surface area (Å²) >= 11 is 0. The number of aliphatic hydroxyl groups excluding tert-OH is 1. The second-order valence-electron chi connectivity index (χ2n) is 6.24. The number of nitrogens with one attached hydrogen (secondary N) is 1. The number of anilines is 1. The molecule has 0 aliphatic heterocycles. The molecule has 1 fully saturated rings. The molecule has 24 heavy (non-hydrogen) atoms. The number of hydrogen-bond donors (Lipinski definition) is 2. The molecular weight excluding hydrogens is 306 g/mol. The summed E-state index contributed by atoms with van der Waals surface area (Å²) in [6.07, 6.45) is 9.10. The van der Waals surface area contributed by atoms with Crippen LogP contribution < -0.4 is 10.1 Å². The molecule has 1 saturated carbocycles. The van der Waals surface area contributed by atoms with Crippen LogP contribution >= 0.6 is 0 Å². The maximum absolute atomic E-state index is 9.80. The van der Waals surface area contributed by atoms with E-state index < -0.39 is 6.10 Å². The smallest absolute Gasteiger partial charge is 0.164 e. The summed E-state index contributed by atoms with van der Waals surface area (Å²) in [6.45, 7) is 0.653. The molecule has 0 radical (unpaired) electrons. The summed E-state index contributed by atoms with van der Waals surface area (Å²) in [7, 11) is 1.57. The summed E-state index contributed by atoms with van der Waals surface area (Å²) in [6, 6.07) is 3.85. The normalized spacial score (nSPS) is 16.9. The van der Waals surface area contributed by atoms with E-state index in [4.69, 9.17) is 9.47 Å². The van der Waals surface area contributed by atoms with Gasteiger partial charge in [0.1, 0.15) is 11.3 Å². The highest BCUT2D eigenvalue weighted by molar-refractivity contribution is 5.92. The van der Waals surface area contributed by atoms with E-state index in [1.165, 1.54) is 19.3 Å². The standard InChI is InChI=1S/C18H25N3O3/c1-23-12-13(22)10-20-18-15-8-5-9-19-17(15)16(11-21-18)24-14-6-3-2-4-7-14/h5,8-9,11,13-14,22H,2-4,6-7,10,12H2,1H3,(H,20,21). The van der Waals surface area contributed by atoms with Crippen molar-refractivity contribution in [3.8, 4) is 5.75 Å². The average Bonchev–Trinajstić information content (AvgIpc) is 2.62. The second kappa shape index (κ2) is 8.26. The number of rotatable bonds is 7. The van der Waals surface area contributed by atoms with Crippen molar-refractivity contribution in [1.82, 2.24) is 9.97 Å². The number of aliphatic hydroxyl groups is 1. The fourth-order valence-electron chi connectivity index (χ4n) is 3.10. The maximum atomic E-state index is 9.80. The van der Waals surface area contributed by atoms with E-state index in [1.807, 2.05) is 12.1 Å². The zero-order chi connectivity index (χ0) is 16.8. The van der Waals surface area contributed by atoms with Crippen molar-refractivity contribution in [1.29, 1.82) is 0 Å². The van der Waals surface area contributed by atoms with Crippen molar-refractivity contribution < 1.29 is 14.6 Å². The summed E-state index contributed by atoms with van der Waals surface area (Å²) in [5.74, 6) is 1.43. The molecule has 1 aliphatic rings. The SMILES string of the molecule is COCC(O)CNc1ncc(OC2CCCCC2)c2ncccc12. The first kappa shape index (κ1) is 16.9. The van der Waals surface area contributed by atoms with Gasteiger partial charge in [-0.25, -0.2) is 4.98 Å². The van der Waals surface area contributed by atoms with Crippen molar-refractivity contribution in [2.75, 3.05) is 25.6 Å². The molecule has 1 aliphatic carbocycles. The van der Waals surface area contributed by atoms with E-state index in [9.17, 15) is 5.11 Å². The fourth-order valence-corrected chi connectivity index (χ4v) is 3.10. The second-order valence-corrected chi connectivity index (χ2v) is 6.24. The highest BCUT2D eigenvalue weighted by Crippen LogP contribution is 2.30. The van der Waals surface area contributed by atoms with Crippen molar-refractivity contribution in [2.24, 2.45) is 0 Å². The Morgan fingerprint density at radius 3 is 2.92 bits per heavy atom. The van der Waals surface area contributed by atoms with Gasteiger partial charge in [0.25, 0.3) is 0 Å². The van der Waals surface area contributed by atoms with Gasteiger partial charge in [-0.2, -0.15) is 0 Å². The lowest BCUT2D eigenvalue weighted by Gasteiger charge is -2.23. The van der Waals surface area contributed by atoms with Crippen LogP contribution in [-0.2, 0) is 4.74 Å². The quantitative estimate of drug-likeness (QED) is 0.812. The highest BCUT2D eigenvalue weighted by Gasteiger charge is 2.18. The Hall–Kier alpha value is -1.92. The minimum atomic E-state index is -0.582. The molecule has 0 spiro atoms. The number of ether oxygens (including phenoxy) is 2. The van der Waals surface area contributed by atoms with E-state index in [-0.39, 0.29) is 12.7 Å². The largest absolute Gasteiger partial charge is 0.487 e. The Morgan fingerprint density at radius 1 is 1.29 bits per heavy atom. The number of pyridine rings is 2. The Balaban J connectivity index is 1.78. The zero-order valence-corrected chi connectivity index (χ0v) is 14.1. The highest BCUT2D eigenvalue weighted by atomic mass is 16.5. The number of methoxy groups -OCH3 is 1. The van der Waals surface area contributed by atoms with Crippen molar-refractivity contribution >= 4 is 16.7 Å². The van der Waals surface area contributed by atoms with Gasteiger partial charge in [0.15, 0.2) is 5.75 Å². The van der Waals surface area contributed by atoms with Gasteiger partial charge in [0.05, 0.1) is 25.0 Å². The van der Waals surface area contributed by atoms with Gasteiger partial charge in [0.2, 0.25) is 0 Å². The minimum Gasteiger partial charge on any atom is -0.487 e. The molecule has 3 rings (SSSR count). The molecule has 0 aromatic carbocycles. The van der Waals surface area contributed by atoms with Crippen LogP contribution in [0.1, 0.15) is 32.1 Å². The molecular formula is C18H25N3O3. The van der Waals surface area contributed by atoms with Crippen molar-refractivity contribution in [3.05, 3.63) is 24.5 Å². The Labute approximate surface area is 142 Å². The van der Waals surface area contributed by atoms with Crippen LogP contribution in [0, 0.1) is 0 Å². The van der Waals surface area contributed by atoms with Crippen LogP contribution in [0.15, 0.2) is 24.5 Å². The molecule has 2 aromatic rings. The van der Waals surface area contributed by atoms with Crippen LogP contribution in [0.5, 0.6) is 5.75 Å². The third-order valence-electron chi connectivity index (χ3n) is 4.32.